The number of nitrogens with one attached hydrogen (secondary N) is 2. The predicted octanol–water partition coefficient (Wildman–Crippen LogP) is 1.26. The molecule has 8 nitrogen and oxygen atoms in total. The minimum Gasteiger partial charge on any atom is -0.484 e. The highest BCUT2D eigenvalue weighted by atomic mass is 16.5. The highest BCUT2D eigenvalue weighted by Gasteiger charge is 2.10. The average Bonchev–Trinajstić information content (AvgIpc) is 2.60. The van der Waals surface area contributed by atoms with E-state index >= 15 is 0 Å². The molecule has 8 heteroatoms. The van der Waals surface area contributed by atoms with Gasteiger partial charge in [0.1, 0.15) is 11.6 Å². The third-order valence-corrected chi connectivity index (χ3v) is 3.34. The topological polar surface area (TPSA) is 119 Å². The van der Waals surface area contributed by atoms with E-state index in [1.165, 1.54) is 6.20 Å². The summed E-state index contributed by atoms with van der Waals surface area (Å²) < 4.78 is 5.49. The Balaban J connectivity index is 2.03. The fraction of sp³-hybridized carbons (Fsp3) is 0.294. The third kappa shape index (κ3) is 5.45. The SMILES string of the molecule is CCNC(=O)COc1cccc(C(C)Nc2ccnc(C(N)=O)n2)c1. The number of carbonyl (C=O) groups is 2. The van der Waals surface area contributed by atoms with E-state index < -0.39 is 5.91 Å². The summed E-state index contributed by atoms with van der Waals surface area (Å²) in [6, 6.07) is 8.93. The van der Waals surface area contributed by atoms with Crippen LogP contribution < -0.4 is 21.1 Å². The molecule has 0 aliphatic carbocycles. The first kappa shape index (κ1) is 18.2. The Hall–Kier alpha value is -3.16. The molecule has 0 aliphatic heterocycles. The molecule has 1 heterocycles. The van der Waals surface area contributed by atoms with Crippen LogP contribution >= 0.6 is 0 Å². The van der Waals surface area contributed by atoms with E-state index in [1.54, 1.807) is 12.1 Å². The summed E-state index contributed by atoms with van der Waals surface area (Å²) in [4.78, 5) is 30.5. The van der Waals surface area contributed by atoms with Crippen molar-refractivity contribution in [2.45, 2.75) is 19.9 Å². The van der Waals surface area contributed by atoms with Crippen molar-refractivity contribution in [1.29, 1.82) is 0 Å². The number of amides is 2. The molecule has 25 heavy (non-hydrogen) atoms. The van der Waals surface area contributed by atoms with Gasteiger partial charge in [-0.25, -0.2) is 9.97 Å². The van der Waals surface area contributed by atoms with Crippen molar-refractivity contribution >= 4 is 17.6 Å². The Bertz CT molecular complexity index is 751. The highest BCUT2D eigenvalue weighted by molar-refractivity contribution is 5.89. The molecule has 2 aromatic rings. The molecule has 1 aromatic carbocycles. The van der Waals surface area contributed by atoms with Gasteiger partial charge in [-0.1, -0.05) is 12.1 Å². The second-order valence-electron chi connectivity index (χ2n) is 5.31. The molecule has 2 amide bonds. The van der Waals surface area contributed by atoms with E-state index in [1.807, 2.05) is 32.0 Å². The zero-order valence-electron chi connectivity index (χ0n) is 14.2. The number of carbonyl (C=O) groups excluding carboxylic acids is 2. The van der Waals surface area contributed by atoms with Crippen LogP contribution in [0.2, 0.25) is 0 Å². The summed E-state index contributed by atoms with van der Waals surface area (Å²) in [5.74, 6) is 0.190. The number of hydrogen-bond acceptors (Lipinski definition) is 6. The van der Waals surface area contributed by atoms with Gasteiger partial charge < -0.3 is 21.1 Å². The van der Waals surface area contributed by atoms with Crippen molar-refractivity contribution in [3.05, 3.63) is 47.9 Å². The van der Waals surface area contributed by atoms with Crippen LogP contribution in [-0.4, -0.2) is 34.9 Å². The number of ether oxygens (including phenoxy) is 1. The molecule has 1 atom stereocenters. The molecule has 4 N–H and O–H groups in total. The molecule has 0 aliphatic rings. The second kappa shape index (κ2) is 8.62. The van der Waals surface area contributed by atoms with E-state index in [2.05, 4.69) is 20.6 Å². The van der Waals surface area contributed by atoms with Gasteiger partial charge in [-0.2, -0.15) is 0 Å². The fourth-order valence-corrected chi connectivity index (χ4v) is 2.13. The maximum absolute atomic E-state index is 11.5. The molecule has 0 spiro atoms. The Morgan fingerprint density at radius 3 is 2.84 bits per heavy atom. The van der Waals surface area contributed by atoms with Gasteiger partial charge in [-0.3, -0.25) is 9.59 Å². The number of rotatable bonds is 8. The van der Waals surface area contributed by atoms with Crippen LogP contribution in [0.4, 0.5) is 5.82 Å². The molecule has 0 bridgehead atoms. The number of nitrogens with two attached hydrogens (primary N) is 1. The average molecular weight is 343 g/mol. The molecule has 1 unspecified atom stereocenters. The lowest BCUT2D eigenvalue weighted by atomic mass is 10.1. The van der Waals surface area contributed by atoms with Gasteiger partial charge in [0.2, 0.25) is 5.82 Å². The van der Waals surface area contributed by atoms with Crippen LogP contribution in [0.1, 0.15) is 36.1 Å². The molecular weight excluding hydrogens is 322 g/mol. The van der Waals surface area contributed by atoms with Gasteiger partial charge in [0, 0.05) is 12.7 Å². The molecule has 0 saturated heterocycles. The molecule has 0 radical (unpaired) electrons. The Morgan fingerprint density at radius 1 is 1.32 bits per heavy atom. The number of anilines is 1. The van der Waals surface area contributed by atoms with Crippen LogP contribution in [0.3, 0.4) is 0 Å². The standard InChI is InChI=1S/C17H21N5O3/c1-3-19-15(23)10-25-13-6-4-5-12(9-13)11(2)21-14-7-8-20-17(22-14)16(18)24/h4-9,11H,3,10H2,1-2H3,(H2,18,24)(H,19,23)(H,20,21,22). The molecule has 0 saturated carbocycles. The molecule has 2 rings (SSSR count). The predicted molar refractivity (Wildman–Crippen MR) is 93.2 cm³/mol. The third-order valence-electron chi connectivity index (χ3n) is 3.34. The highest BCUT2D eigenvalue weighted by Crippen LogP contribution is 2.22. The van der Waals surface area contributed by atoms with E-state index in [0.29, 0.717) is 18.1 Å². The number of likely N-dealkylation sites (N-methyl/N-ethyl adjacent to an activating group) is 1. The Labute approximate surface area is 145 Å². The molecule has 0 fully saturated rings. The summed E-state index contributed by atoms with van der Waals surface area (Å²) in [7, 11) is 0. The number of benzene rings is 1. The maximum atomic E-state index is 11.5. The Kier molecular flexibility index (Phi) is 6.27. The fourth-order valence-electron chi connectivity index (χ4n) is 2.13. The number of primary amides is 1. The van der Waals surface area contributed by atoms with Crippen LogP contribution in [-0.2, 0) is 4.79 Å². The van der Waals surface area contributed by atoms with Crippen molar-refractivity contribution in [2.24, 2.45) is 5.73 Å². The first-order chi connectivity index (χ1) is 12.0. The van der Waals surface area contributed by atoms with E-state index in [9.17, 15) is 9.59 Å². The minimum absolute atomic E-state index is 0.0347. The van der Waals surface area contributed by atoms with E-state index in [-0.39, 0.29) is 24.4 Å². The number of nitrogens with zero attached hydrogens (tertiary/aromatic N) is 2. The maximum Gasteiger partial charge on any atom is 0.286 e. The summed E-state index contributed by atoms with van der Waals surface area (Å²) in [5.41, 5.74) is 6.12. The summed E-state index contributed by atoms with van der Waals surface area (Å²) >= 11 is 0. The van der Waals surface area contributed by atoms with Crippen LogP contribution in [0.25, 0.3) is 0 Å². The number of hydrogen-bond donors (Lipinski definition) is 3. The number of aromatic nitrogens is 2. The largest absolute Gasteiger partial charge is 0.484 e. The normalized spacial score (nSPS) is 11.4. The molecule has 132 valence electrons. The van der Waals surface area contributed by atoms with Crippen molar-refractivity contribution in [1.82, 2.24) is 15.3 Å². The monoisotopic (exact) mass is 343 g/mol. The zero-order chi connectivity index (χ0) is 18.2. The first-order valence-corrected chi connectivity index (χ1v) is 7.88. The van der Waals surface area contributed by atoms with Crippen LogP contribution in [0, 0.1) is 0 Å². The van der Waals surface area contributed by atoms with Crippen LogP contribution in [0.15, 0.2) is 36.5 Å². The minimum atomic E-state index is -0.683. The molecular formula is C17H21N5O3. The van der Waals surface area contributed by atoms with E-state index in [0.717, 1.165) is 5.56 Å². The van der Waals surface area contributed by atoms with Crippen molar-refractivity contribution in [3.8, 4) is 5.75 Å². The lowest BCUT2D eigenvalue weighted by Crippen LogP contribution is -2.28. The Morgan fingerprint density at radius 2 is 2.12 bits per heavy atom. The van der Waals surface area contributed by atoms with Gasteiger partial charge >= 0.3 is 0 Å². The van der Waals surface area contributed by atoms with Crippen molar-refractivity contribution in [2.75, 3.05) is 18.5 Å². The first-order valence-electron chi connectivity index (χ1n) is 7.88. The lowest BCUT2D eigenvalue weighted by molar-refractivity contribution is -0.122. The zero-order valence-corrected chi connectivity index (χ0v) is 14.2. The van der Waals surface area contributed by atoms with Gasteiger partial charge in [0.25, 0.3) is 11.8 Å². The van der Waals surface area contributed by atoms with Gasteiger partial charge in [0.15, 0.2) is 6.61 Å². The summed E-state index contributed by atoms with van der Waals surface area (Å²) in [6.07, 6.45) is 1.47. The quantitative estimate of drug-likeness (QED) is 0.664. The van der Waals surface area contributed by atoms with Gasteiger partial charge in [-0.15, -0.1) is 0 Å². The molecule has 1 aromatic heterocycles. The second-order valence-corrected chi connectivity index (χ2v) is 5.31. The lowest BCUT2D eigenvalue weighted by Gasteiger charge is -2.16. The van der Waals surface area contributed by atoms with Crippen molar-refractivity contribution < 1.29 is 14.3 Å². The van der Waals surface area contributed by atoms with Crippen LogP contribution in [0.5, 0.6) is 5.75 Å². The smallest absolute Gasteiger partial charge is 0.286 e. The van der Waals surface area contributed by atoms with E-state index in [4.69, 9.17) is 10.5 Å². The van der Waals surface area contributed by atoms with Crippen molar-refractivity contribution in [3.63, 3.8) is 0 Å². The summed E-state index contributed by atoms with van der Waals surface area (Å²) in [5, 5.41) is 5.84. The van der Waals surface area contributed by atoms with Gasteiger partial charge in [0.05, 0.1) is 6.04 Å². The summed E-state index contributed by atoms with van der Waals surface area (Å²) in [6.45, 7) is 4.32. The van der Waals surface area contributed by atoms with Gasteiger partial charge in [-0.05, 0) is 37.6 Å².